The quantitative estimate of drug-likeness (QED) is 0.863. The summed E-state index contributed by atoms with van der Waals surface area (Å²) in [6.07, 6.45) is 0.304. The molecule has 1 unspecified atom stereocenters. The van der Waals surface area contributed by atoms with Crippen LogP contribution in [0.2, 0.25) is 0 Å². The predicted octanol–water partition coefficient (Wildman–Crippen LogP) is 1.06. The molecule has 6 heteroatoms. The molecule has 1 saturated heterocycles. The van der Waals surface area contributed by atoms with Crippen LogP contribution in [-0.2, 0) is 9.53 Å². The molecule has 0 radical (unpaired) electrons. The van der Waals surface area contributed by atoms with Crippen molar-refractivity contribution < 1.29 is 14.3 Å². The summed E-state index contributed by atoms with van der Waals surface area (Å²) in [6.45, 7) is 1.45. The van der Waals surface area contributed by atoms with Crippen LogP contribution in [0, 0.1) is 0 Å². The van der Waals surface area contributed by atoms with E-state index in [0.717, 1.165) is 12.1 Å². The molecule has 0 aromatic heterocycles. The molecule has 108 valence electrons. The van der Waals surface area contributed by atoms with Gasteiger partial charge in [0.05, 0.1) is 19.7 Å². The van der Waals surface area contributed by atoms with E-state index in [1.165, 1.54) is 7.11 Å². The first kappa shape index (κ1) is 14.2. The molecule has 0 saturated carbocycles. The van der Waals surface area contributed by atoms with Crippen molar-refractivity contribution >= 4 is 17.7 Å². The van der Waals surface area contributed by atoms with Crippen LogP contribution in [0.4, 0.5) is 10.5 Å². The summed E-state index contributed by atoms with van der Waals surface area (Å²) in [4.78, 5) is 24.9. The zero-order chi connectivity index (χ0) is 14.4. The van der Waals surface area contributed by atoms with Gasteiger partial charge in [-0.15, -0.1) is 0 Å². The predicted molar refractivity (Wildman–Crippen MR) is 75.5 cm³/mol. The third kappa shape index (κ3) is 3.88. The molecule has 1 aromatic rings. The largest absolute Gasteiger partial charge is 0.453 e. The van der Waals surface area contributed by atoms with Crippen molar-refractivity contribution in [3.63, 3.8) is 0 Å². The lowest BCUT2D eigenvalue weighted by molar-refractivity contribution is -0.128. The zero-order valence-corrected chi connectivity index (χ0v) is 11.5. The summed E-state index contributed by atoms with van der Waals surface area (Å²) in [7, 11) is 1.33. The van der Waals surface area contributed by atoms with Gasteiger partial charge >= 0.3 is 6.09 Å². The Bertz CT molecular complexity index is 464. The van der Waals surface area contributed by atoms with E-state index in [4.69, 9.17) is 0 Å². The van der Waals surface area contributed by atoms with Crippen LogP contribution in [0.25, 0.3) is 0 Å². The number of hydrogen-bond donors (Lipinski definition) is 2. The van der Waals surface area contributed by atoms with Crippen LogP contribution in [0.5, 0.6) is 0 Å². The van der Waals surface area contributed by atoms with Crippen LogP contribution < -0.4 is 10.6 Å². The number of rotatable bonds is 4. The molecule has 2 rings (SSSR count). The molecule has 1 atom stereocenters. The van der Waals surface area contributed by atoms with Gasteiger partial charge in [-0.05, 0) is 18.6 Å². The van der Waals surface area contributed by atoms with E-state index in [-0.39, 0.29) is 18.5 Å². The van der Waals surface area contributed by atoms with Gasteiger partial charge in [-0.2, -0.15) is 0 Å². The zero-order valence-electron chi connectivity index (χ0n) is 11.5. The van der Waals surface area contributed by atoms with Gasteiger partial charge < -0.3 is 20.3 Å². The molecule has 0 spiro atoms. The Hall–Kier alpha value is -2.24. The molecular formula is C14H19N3O3. The third-order valence-corrected chi connectivity index (χ3v) is 3.27. The molecule has 20 heavy (non-hydrogen) atoms. The lowest BCUT2D eigenvalue weighted by Crippen LogP contribution is -2.39. The molecule has 1 aliphatic rings. The number of nitrogens with zero attached hydrogens (tertiary/aromatic N) is 1. The molecule has 1 fully saturated rings. The fraction of sp³-hybridized carbons (Fsp3) is 0.429. The second-order valence-electron chi connectivity index (χ2n) is 4.68. The summed E-state index contributed by atoms with van der Waals surface area (Å²) in [6, 6.07) is 9.56. The molecule has 6 nitrogen and oxygen atoms in total. The maximum Gasteiger partial charge on any atom is 0.407 e. The number of hydrogen-bond acceptors (Lipinski definition) is 4. The summed E-state index contributed by atoms with van der Waals surface area (Å²) in [5.74, 6) is 0.0306. The maximum atomic E-state index is 12.0. The SMILES string of the molecule is COC(=O)NC1CCN(C(=O)CNc2ccccc2)C1. The van der Waals surface area contributed by atoms with E-state index in [9.17, 15) is 9.59 Å². The fourth-order valence-corrected chi connectivity index (χ4v) is 2.18. The maximum absolute atomic E-state index is 12.0. The van der Waals surface area contributed by atoms with Crippen molar-refractivity contribution in [1.82, 2.24) is 10.2 Å². The monoisotopic (exact) mass is 277 g/mol. The number of ether oxygens (including phenoxy) is 1. The molecule has 1 heterocycles. The van der Waals surface area contributed by atoms with E-state index in [0.29, 0.717) is 13.1 Å². The number of para-hydroxylation sites is 1. The number of amides is 2. The third-order valence-electron chi connectivity index (χ3n) is 3.27. The van der Waals surface area contributed by atoms with Crippen LogP contribution in [0.15, 0.2) is 30.3 Å². The summed E-state index contributed by atoms with van der Waals surface area (Å²) in [5.41, 5.74) is 0.921. The highest BCUT2D eigenvalue weighted by atomic mass is 16.5. The number of nitrogens with one attached hydrogen (secondary N) is 2. The Balaban J connectivity index is 1.75. The first-order valence-corrected chi connectivity index (χ1v) is 6.60. The van der Waals surface area contributed by atoms with Gasteiger partial charge in [-0.1, -0.05) is 18.2 Å². The van der Waals surface area contributed by atoms with Gasteiger partial charge in [-0.3, -0.25) is 4.79 Å². The molecule has 2 amide bonds. The lowest BCUT2D eigenvalue weighted by Gasteiger charge is -2.17. The van der Waals surface area contributed by atoms with Crippen LogP contribution in [0.1, 0.15) is 6.42 Å². The number of benzene rings is 1. The number of methoxy groups -OCH3 is 1. The van der Waals surface area contributed by atoms with Gasteiger partial charge in [-0.25, -0.2) is 4.79 Å². The van der Waals surface area contributed by atoms with Crippen molar-refractivity contribution in [2.45, 2.75) is 12.5 Å². The van der Waals surface area contributed by atoms with E-state index in [1.54, 1.807) is 4.90 Å². The minimum Gasteiger partial charge on any atom is -0.453 e. The van der Waals surface area contributed by atoms with Gasteiger partial charge in [0, 0.05) is 18.8 Å². The van der Waals surface area contributed by atoms with E-state index in [2.05, 4.69) is 15.4 Å². The van der Waals surface area contributed by atoms with Crippen molar-refractivity contribution in [3.05, 3.63) is 30.3 Å². The van der Waals surface area contributed by atoms with Gasteiger partial charge in [0.25, 0.3) is 0 Å². The average Bonchev–Trinajstić information content (AvgIpc) is 2.94. The van der Waals surface area contributed by atoms with E-state index in [1.807, 2.05) is 30.3 Å². The Labute approximate surface area is 118 Å². The fourth-order valence-electron chi connectivity index (χ4n) is 2.18. The van der Waals surface area contributed by atoms with E-state index >= 15 is 0 Å². The molecule has 0 aliphatic carbocycles. The van der Waals surface area contributed by atoms with Crippen molar-refractivity contribution in [2.75, 3.05) is 32.1 Å². The summed E-state index contributed by atoms with van der Waals surface area (Å²) < 4.78 is 4.55. The Morgan fingerprint density at radius 1 is 1.35 bits per heavy atom. The summed E-state index contributed by atoms with van der Waals surface area (Å²) in [5, 5.41) is 5.80. The Morgan fingerprint density at radius 2 is 2.10 bits per heavy atom. The number of anilines is 1. The molecule has 0 bridgehead atoms. The van der Waals surface area contributed by atoms with Crippen molar-refractivity contribution in [3.8, 4) is 0 Å². The number of alkyl carbamates (subject to hydrolysis) is 1. The second-order valence-corrected chi connectivity index (χ2v) is 4.68. The highest BCUT2D eigenvalue weighted by Gasteiger charge is 2.27. The van der Waals surface area contributed by atoms with Gasteiger partial charge in [0.15, 0.2) is 0 Å². The van der Waals surface area contributed by atoms with Gasteiger partial charge in [0.1, 0.15) is 0 Å². The molecule has 2 N–H and O–H groups in total. The number of carbonyl (C=O) groups excluding carboxylic acids is 2. The molecule has 1 aliphatic heterocycles. The minimum atomic E-state index is -0.452. The highest BCUT2D eigenvalue weighted by molar-refractivity contribution is 5.81. The Morgan fingerprint density at radius 3 is 2.80 bits per heavy atom. The number of carbonyl (C=O) groups is 2. The first-order valence-electron chi connectivity index (χ1n) is 6.60. The van der Waals surface area contributed by atoms with Crippen LogP contribution in [-0.4, -0.2) is 49.7 Å². The number of likely N-dealkylation sites (tertiary alicyclic amines) is 1. The average molecular weight is 277 g/mol. The standard InChI is InChI=1S/C14H19N3O3/c1-20-14(19)16-12-7-8-17(10-12)13(18)9-15-11-5-3-2-4-6-11/h2-6,12,15H,7-10H2,1H3,(H,16,19). The second kappa shape index (κ2) is 6.79. The topological polar surface area (TPSA) is 70.7 Å². The van der Waals surface area contributed by atoms with Gasteiger partial charge in [0.2, 0.25) is 5.91 Å². The van der Waals surface area contributed by atoms with Crippen LogP contribution >= 0.6 is 0 Å². The smallest absolute Gasteiger partial charge is 0.407 e. The normalized spacial score (nSPS) is 17.6. The molecule has 1 aromatic carbocycles. The molecular weight excluding hydrogens is 258 g/mol. The minimum absolute atomic E-state index is 0.0249. The van der Waals surface area contributed by atoms with Crippen molar-refractivity contribution in [2.24, 2.45) is 0 Å². The Kier molecular flexibility index (Phi) is 4.81. The van der Waals surface area contributed by atoms with Crippen molar-refractivity contribution in [1.29, 1.82) is 0 Å². The first-order chi connectivity index (χ1) is 9.69. The summed E-state index contributed by atoms with van der Waals surface area (Å²) >= 11 is 0. The highest BCUT2D eigenvalue weighted by Crippen LogP contribution is 2.10. The van der Waals surface area contributed by atoms with E-state index < -0.39 is 6.09 Å². The lowest BCUT2D eigenvalue weighted by atomic mass is 10.3. The van der Waals surface area contributed by atoms with Crippen LogP contribution in [0.3, 0.4) is 0 Å².